The number of halogens is 1. The first-order valence-electron chi connectivity index (χ1n) is 5.70. The molecule has 1 aliphatic carbocycles. The molecule has 0 saturated heterocycles. The van der Waals surface area contributed by atoms with Gasteiger partial charge in [-0.1, -0.05) is 12.5 Å². The molecule has 1 unspecified atom stereocenters. The lowest BCUT2D eigenvalue weighted by molar-refractivity contribution is -0.143. The van der Waals surface area contributed by atoms with Crippen molar-refractivity contribution in [1.82, 2.24) is 0 Å². The topological polar surface area (TPSA) is 54.4 Å². The minimum absolute atomic E-state index is 0.0718. The average Bonchev–Trinajstić information content (AvgIpc) is 2.63. The molecular weight excluding hydrogens is 211 g/mol. The SMILES string of the molecule is O=C1CCC=C1CCCCCC(F)C(=O)O. The molecule has 0 bridgehead atoms. The summed E-state index contributed by atoms with van der Waals surface area (Å²) in [5, 5.41) is 8.32. The molecule has 90 valence electrons. The molecule has 1 rings (SSSR count). The van der Waals surface area contributed by atoms with Crippen LogP contribution in [0.4, 0.5) is 4.39 Å². The molecule has 1 N–H and O–H groups in total. The predicted molar refractivity (Wildman–Crippen MR) is 57.9 cm³/mol. The van der Waals surface area contributed by atoms with Crippen molar-refractivity contribution < 1.29 is 19.1 Å². The van der Waals surface area contributed by atoms with Gasteiger partial charge in [0.05, 0.1) is 0 Å². The van der Waals surface area contributed by atoms with Crippen molar-refractivity contribution in [2.24, 2.45) is 0 Å². The summed E-state index contributed by atoms with van der Waals surface area (Å²) in [7, 11) is 0. The van der Waals surface area contributed by atoms with E-state index in [0.29, 0.717) is 12.8 Å². The van der Waals surface area contributed by atoms with E-state index in [1.807, 2.05) is 6.08 Å². The van der Waals surface area contributed by atoms with Crippen LogP contribution in [0.1, 0.15) is 44.9 Å². The first-order valence-corrected chi connectivity index (χ1v) is 5.70. The van der Waals surface area contributed by atoms with E-state index in [4.69, 9.17) is 5.11 Å². The van der Waals surface area contributed by atoms with Gasteiger partial charge in [-0.05, 0) is 37.7 Å². The number of rotatable bonds is 7. The number of ketones is 1. The summed E-state index contributed by atoms with van der Waals surface area (Å²) in [4.78, 5) is 21.4. The van der Waals surface area contributed by atoms with E-state index < -0.39 is 12.1 Å². The molecule has 1 aliphatic rings. The van der Waals surface area contributed by atoms with Gasteiger partial charge < -0.3 is 5.11 Å². The second kappa shape index (κ2) is 6.40. The lowest BCUT2D eigenvalue weighted by Gasteiger charge is -2.03. The molecule has 16 heavy (non-hydrogen) atoms. The number of carboxylic acid groups (broad SMARTS) is 1. The van der Waals surface area contributed by atoms with Crippen LogP contribution in [-0.2, 0) is 9.59 Å². The molecule has 0 fully saturated rings. The number of hydrogen-bond donors (Lipinski definition) is 1. The number of Topliss-reactive ketones (excluding diaryl/α,β-unsaturated/α-hetero) is 1. The van der Waals surface area contributed by atoms with Crippen LogP contribution in [0.2, 0.25) is 0 Å². The number of aliphatic carboxylic acids is 1. The Kier molecular flexibility index (Phi) is 5.15. The van der Waals surface area contributed by atoms with Gasteiger partial charge in [-0.3, -0.25) is 4.79 Å². The highest BCUT2D eigenvalue weighted by atomic mass is 19.1. The van der Waals surface area contributed by atoms with E-state index >= 15 is 0 Å². The molecule has 0 saturated carbocycles. The van der Waals surface area contributed by atoms with Crippen LogP contribution < -0.4 is 0 Å². The Morgan fingerprint density at radius 2 is 2.19 bits per heavy atom. The fourth-order valence-corrected chi connectivity index (χ4v) is 1.83. The van der Waals surface area contributed by atoms with Gasteiger partial charge in [0.25, 0.3) is 0 Å². The number of carboxylic acids is 1. The third-order valence-corrected chi connectivity index (χ3v) is 2.79. The summed E-state index contributed by atoms with van der Waals surface area (Å²) in [5.41, 5.74) is 0.898. The summed E-state index contributed by atoms with van der Waals surface area (Å²) in [6, 6.07) is 0. The van der Waals surface area contributed by atoms with E-state index in [9.17, 15) is 14.0 Å². The smallest absolute Gasteiger partial charge is 0.338 e. The van der Waals surface area contributed by atoms with Gasteiger partial charge in [0, 0.05) is 6.42 Å². The van der Waals surface area contributed by atoms with E-state index in [1.165, 1.54) is 0 Å². The van der Waals surface area contributed by atoms with Gasteiger partial charge >= 0.3 is 5.97 Å². The molecule has 0 aliphatic heterocycles. The van der Waals surface area contributed by atoms with Crippen molar-refractivity contribution >= 4 is 11.8 Å². The third kappa shape index (κ3) is 4.13. The lowest BCUT2D eigenvalue weighted by atomic mass is 10.0. The zero-order chi connectivity index (χ0) is 12.0. The van der Waals surface area contributed by atoms with Crippen LogP contribution in [0.15, 0.2) is 11.6 Å². The molecule has 0 radical (unpaired) electrons. The zero-order valence-corrected chi connectivity index (χ0v) is 9.25. The van der Waals surface area contributed by atoms with Crippen LogP contribution in [0.25, 0.3) is 0 Å². The molecule has 0 amide bonds. The molecule has 0 heterocycles. The summed E-state index contributed by atoms with van der Waals surface area (Å²) in [6.07, 6.45) is 4.70. The summed E-state index contributed by atoms with van der Waals surface area (Å²) in [5.74, 6) is -1.15. The highest BCUT2D eigenvalue weighted by molar-refractivity contribution is 5.97. The van der Waals surface area contributed by atoms with Crippen molar-refractivity contribution in [3.63, 3.8) is 0 Å². The Hall–Kier alpha value is -1.19. The number of carbonyl (C=O) groups excluding carboxylic acids is 1. The van der Waals surface area contributed by atoms with Crippen molar-refractivity contribution in [3.05, 3.63) is 11.6 Å². The number of unbranched alkanes of at least 4 members (excludes halogenated alkanes) is 2. The van der Waals surface area contributed by atoms with Crippen LogP contribution in [0.5, 0.6) is 0 Å². The van der Waals surface area contributed by atoms with E-state index in [0.717, 1.165) is 31.3 Å². The van der Waals surface area contributed by atoms with Crippen LogP contribution in [0.3, 0.4) is 0 Å². The van der Waals surface area contributed by atoms with Crippen LogP contribution in [-0.4, -0.2) is 23.0 Å². The van der Waals surface area contributed by atoms with Gasteiger partial charge in [0.2, 0.25) is 0 Å². The molecule has 0 spiro atoms. The quantitative estimate of drug-likeness (QED) is 0.681. The zero-order valence-electron chi connectivity index (χ0n) is 9.25. The van der Waals surface area contributed by atoms with E-state index in [-0.39, 0.29) is 12.2 Å². The number of carbonyl (C=O) groups is 2. The van der Waals surface area contributed by atoms with Gasteiger partial charge in [0.15, 0.2) is 12.0 Å². The number of alkyl halides is 1. The molecule has 3 nitrogen and oxygen atoms in total. The molecule has 4 heteroatoms. The maximum Gasteiger partial charge on any atom is 0.338 e. The highest BCUT2D eigenvalue weighted by Gasteiger charge is 2.16. The first kappa shape index (κ1) is 12.9. The number of hydrogen-bond acceptors (Lipinski definition) is 2. The maximum absolute atomic E-state index is 12.7. The van der Waals surface area contributed by atoms with Gasteiger partial charge in [-0.25, -0.2) is 9.18 Å². The minimum atomic E-state index is -1.74. The second-order valence-electron chi connectivity index (χ2n) is 4.10. The molecule has 0 aromatic rings. The largest absolute Gasteiger partial charge is 0.479 e. The van der Waals surface area contributed by atoms with Crippen LogP contribution in [0, 0.1) is 0 Å². The van der Waals surface area contributed by atoms with Crippen molar-refractivity contribution in [2.75, 3.05) is 0 Å². The number of allylic oxidation sites excluding steroid dienone is 2. The van der Waals surface area contributed by atoms with Gasteiger partial charge in [-0.2, -0.15) is 0 Å². The Balaban J connectivity index is 2.04. The Bertz CT molecular complexity index is 297. The highest BCUT2D eigenvalue weighted by Crippen LogP contribution is 2.20. The van der Waals surface area contributed by atoms with Gasteiger partial charge in [-0.15, -0.1) is 0 Å². The predicted octanol–water partition coefficient (Wildman–Crippen LogP) is 2.65. The van der Waals surface area contributed by atoms with Gasteiger partial charge in [0.1, 0.15) is 0 Å². The fraction of sp³-hybridized carbons (Fsp3) is 0.667. The monoisotopic (exact) mass is 228 g/mol. The Morgan fingerprint density at radius 3 is 2.75 bits per heavy atom. The normalized spacial score (nSPS) is 17.3. The molecule has 1 atom stereocenters. The standard InChI is InChI=1S/C12H17FO3/c13-10(12(15)16)7-3-1-2-5-9-6-4-8-11(9)14/h6,10H,1-5,7-8H2,(H,15,16). The van der Waals surface area contributed by atoms with E-state index in [2.05, 4.69) is 0 Å². The van der Waals surface area contributed by atoms with E-state index in [1.54, 1.807) is 0 Å². The molecule has 0 aromatic heterocycles. The van der Waals surface area contributed by atoms with Crippen LogP contribution >= 0.6 is 0 Å². The fourth-order valence-electron chi connectivity index (χ4n) is 1.83. The Labute approximate surface area is 94.3 Å². The molecular formula is C12H17FO3. The minimum Gasteiger partial charge on any atom is -0.479 e. The average molecular weight is 228 g/mol. The van der Waals surface area contributed by atoms with Crippen molar-refractivity contribution in [3.8, 4) is 0 Å². The second-order valence-corrected chi connectivity index (χ2v) is 4.10. The first-order chi connectivity index (χ1) is 7.61. The molecule has 0 aromatic carbocycles. The van der Waals surface area contributed by atoms with Crippen molar-refractivity contribution in [1.29, 1.82) is 0 Å². The third-order valence-electron chi connectivity index (χ3n) is 2.79. The lowest BCUT2D eigenvalue weighted by Crippen LogP contribution is -2.13. The van der Waals surface area contributed by atoms with Crippen molar-refractivity contribution in [2.45, 2.75) is 51.1 Å². The summed E-state index contributed by atoms with van der Waals surface area (Å²) in [6.45, 7) is 0. The Morgan fingerprint density at radius 1 is 1.44 bits per heavy atom. The summed E-state index contributed by atoms with van der Waals surface area (Å²) >= 11 is 0. The maximum atomic E-state index is 12.7. The summed E-state index contributed by atoms with van der Waals surface area (Å²) < 4.78 is 12.7.